The van der Waals surface area contributed by atoms with E-state index in [9.17, 15) is 4.79 Å². The highest BCUT2D eigenvalue weighted by Crippen LogP contribution is 2.33. The van der Waals surface area contributed by atoms with E-state index in [0.717, 1.165) is 0 Å². The number of aryl methyl sites for hydroxylation is 2. The Hall–Kier alpha value is -1.35. The van der Waals surface area contributed by atoms with Crippen LogP contribution in [0.2, 0.25) is 0 Å². The fraction of sp³-hybridized carbons (Fsp3) is 0.562. The average Bonchev–Trinajstić information content (AvgIpc) is 3.16. The molecule has 104 valence electrons. The van der Waals surface area contributed by atoms with Gasteiger partial charge in [-0.25, -0.2) is 0 Å². The molecule has 3 nitrogen and oxygen atoms in total. The predicted molar refractivity (Wildman–Crippen MR) is 77.7 cm³/mol. The van der Waals surface area contributed by atoms with E-state index in [0.29, 0.717) is 18.9 Å². The normalized spacial score (nSPS) is 16.2. The Morgan fingerprint density at radius 3 is 2.68 bits per heavy atom. The molecule has 0 saturated heterocycles. The SMILES string of the molecule is Cc1ccc(CN(C)C(=O)CC(N)C2CC2)c(C)c1. The summed E-state index contributed by atoms with van der Waals surface area (Å²) in [6, 6.07) is 6.41. The van der Waals surface area contributed by atoms with Crippen molar-refractivity contribution in [1.82, 2.24) is 4.90 Å². The Morgan fingerprint density at radius 1 is 1.42 bits per heavy atom. The third-order valence-corrected chi connectivity index (χ3v) is 3.97. The molecule has 19 heavy (non-hydrogen) atoms. The third kappa shape index (κ3) is 3.80. The molecule has 0 aliphatic heterocycles. The van der Waals surface area contributed by atoms with Crippen LogP contribution in [0.5, 0.6) is 0 Å². The van der Waals surface area contributed by atoms with Crippen molar-refractivity contribution in [2.45, 2.75) is 45.7 Å². The van der Waals surface area contributed by atoms with Crippen molar-refractivity contribution < 1.29 is 4.79 Å². The number of rotatable bonds is 5. The van der Waals surface area contributed by atoms with E-state index in [1.54, 1.807) is 4.90 Å². The molecule has 0 radical (unpaired) electrons. The van der Waals surface area contributed by atoms with Crippen molar-refractivity contribution >= 4 is 5.91 Å². The largest absolute Gasteiger partial charge is 0.341 e. The predicted octanol–water partition coefficient (Wildman–Crippen LogP) is 2.39. The number of amides is 1. The highest BCUT2D eigenvalue weighted by Gasteiger charge is 2.30. The topological polar surface area (TPSA) is 46.3 Å². The van der Waals surface area contributed by atoms with Crippen LogP contribution in [-0.2, 0) is 11.3 Å². The van der Waals surface area contributed by atoms with Crippen LogP contribution in [0.15, 0.2) is 18.2 Å². The molecule has 0 spiro atoms. The molecule has 3 heteroatoms. The minimum atomic E-state index is 0.0501. The summed E-state index contributed by atoms with van der Waals surface area (Å²) in [7, 11) is 1.86. The van der Waals surface area contributed by atoms with Crippen LogP contribution in [0, 0.1) is 19.8 Å². The van der Waals surface area contributed by atoms with Crippen LogP contribution in [0.1, 0.15) is 36.0 Å². The number of hydrogen-bond donors (Lipinski definition) is 1. The second kappa shape index (κ2) is 5.74. The summed E-state index contributed by atoms with van der Waals surface area (Å²) in [6.07, 6.45) is 2.86. The van der Waals surface area contributed by atoms with E-state index in [4.69, 9.17) is 5.73 Å². The molecule has 2 N–H and O–H groups in total. The molecular formula is C16H24N2O. The summed E-state index contributed by atoms with van der Waals surface area (Å²) in [5.74, 6) is 0.734. The maximum absolute atomic E-state index is 12.1. The molecule has 1 aliphatic rings. The molecule has 1 unspecified atom stereocenters. The van der Waals surface area contributed by atoms with E-state index in [-0.39, 0.29) is 11.9 Å². The molecule has 1 aromatic rings. The maximum Gasteiger partial charge on any atom is 0.224 e. The molecule has 1 fully saturated rings. The lowest BCUT2D eigenvalue weighted by Crippen LogP contribution is -2.34. The summed E-state index contributed by atoms with van der Waals surface area (Å²) < 4.78 is 0. The summed E-state index contributed by atoms with van der Waals surface area (Å²) in [5, 5.41) is 0. The van der Waals surface area contributed by atoms with Gasteiger partial charge in [-0.1, -0.05) is 23.8 Å². The summed E-state index contributed by atoms with van der Waals surface area (Å²) in [4.78, 5) is 13.9. The van der Waals surface area contributed by atoms with Crippen LogP contribution >= 0.6 is 0 Å². The van der Waals surface area contributed by atoms with Gasteiger partial charge >= 0.3 is 0 Å². The van der Waals surface area contributed by atoms with Crippen molar-refractivity contribution in [3.05, 3.63) is 34.9 Å². The van der Waals surface area contributed by atoms with Gasteiger partial charge < -0.3 is 10.6 Å². The molecule has 1 atom stereocenters. The van der Waals surface area contributed by atoms with Crippen molar-refractivity contribution in [1.29, 1.82) is 0 Å². The van der Waals surface area contributed by atoms with Gasteiger partial charge in [0.2, 0.25) is 5.91 Å². The zero-order chi connectivity index (χ0) is 14.0. The first-order chi connectivity index (χ1) is 8.97. The van der Waals surface area contributed by atoms with Crippen molar-refractivity contribution in [2.24, 2.45) is 11.7 Å². The molecule has 1 aliphatic carbocycles. The van der Waals surface area contributed by atoms with Gasteiger partial charge in [-0.3, -0.25) is 4.79 Å². The third-order valence-electron chi connectivity index (χ3n) is 3.97. The second-order valence-corrected chi connectivity index (χ2v) is 5.89. The smallest absolute Gasteiger partial charge is 0.224 e. The fourth-order valence-corrected chi connectivity index (χ4v) is 2.42. The van der Waals surface area contributed by atoms with E-state index >= 15 is 0 Å². The Bertz CT molecular complexity index is 466. The lowest BCUT2D eigenvalue weighted by atomic mass is 10.0. The summed E-state index contributed by atoms with van der Waals surface area (Å²) >= 11 is 0. The fourth-order valence-electron chi connectivity index (χ4n) is 2.42. The van der Waals surface area contributed by atoms with Gasteiger partial charge in [0.1, 0.15) is 0 Å². The number of nitrogens with two attached hydrogens (primary N) is 1. The molecule has 1 aromatic carbocycles. The van der Waals surface area contributed by atoms with Crippen LogP contribution in [0.25, 0.3) is 0 Å². The molecule has 2 rings (SSSR count). The molecule has 1 saturated carbocycles. The lowest BCUT2D eigenvalue weighted by molar-refractivity contribution is -0.130. The summed E-state index contributed by atoms with van der Waals surface area (Å²) in [6.45, 7) is 4.85. The summed E-state index contributed by atoms with van der Waals surface area (Å²) in [5.41, 5.74) is 9.72. The molecule has 1 amide bonds. The number of carbonyl (C=O) groups is 1. The minimum absolute atomic E-state index is 0.0501. The number of benzene rings is 1. The van der Waals surface area contributed by atoms with E-state index in [2.05, 4.69) is 32.0 Å². The zero-order valence-electron chi connectivity index (χ0n) is 12.1. The Labute approximate surface area is 115 Å². The van der Waals surface area contributed by atoms with Crippen LogP contribution < -0.4 is 5.73 Å². The van der Waals surface area contributed by atoms with Gasteiger partial charge in [-0.2, -0.15) is 0 Å². The van der Waals surface area contributed by atoms with Crippen LogP contribution in [0.3, 0.4) is 0 Å². The molecule has 0 heterocycles. The molecular weight excluding hydrogens is 236 g/mol. The maximum atomic E-state index is 12.1. The first-order valence-corrected chi connectivity index (χ1v) is 7.03. The Balaban J connectivity index is 1.91. The van der Waals surface area contributed by atoms with Crippen molar-refractivity contribution in [3.8, 4) is 0 Å². The van der Waals surface area contributed by atoms with Crippen molar-refractivity contribution in [2.75, 3.05) is 7.05 Å². The van der Waals surface area contributed by atoms with Crippen LogP contribution in [0.4, 0.5) is 0 Å². The number of carbonyl (C=O) groups excluding carboxylic acids is 1. The lowest BCUT2D eigenvalue weighted by Gasteiger charge is -2.20. The second-order valence-electron chi connectivity index (χ2n) is 5.89. The highest BCUT2D eigenvalue weighted by atomic mass is 16.2. The van der Waals surface area contributed by atoms with Gasteiger partial charge in [0, 0.05) is 26.1 Å². The van der Waals surface area contributed by atoms with E-state index in [1.165, 1.54) is 29.5 Å². The number of nitrogens with zero attached hydrogens (tertiary/aromatic N) is 1. The van der Waals surface area contributed by atoms with E-state index in [1.807, 2.05) is 7.05 Å². The molecule has 0 aromatic heterocycles. The molecule has 0 bridgehead atoms. The van der Waals surface area contributed by atoms with Gasteiger partial charge in [-0.05, 0) is 43.7 Å². The number of hydrogen-bond acceptors (Lipinski definition) is 2. The van der Waals surface area contributed by atoms with E-state index < -0.39 is 0 Å². The highest BCUT2D eigenvalue weighted by molar-refractivity contribution is 5.76. The van der Waals surface area contributed by atoms with Crippen LogP contribution in [-0.4, -0.2) is 23.9 Å². The Morgan fingerprint density at radius 2 is 2.11 bits per heavy atom. The average molecular weight is 260 g/mol. The van der Waals surface area contributed by atoms with Crippen molar-refractivity contribution in [3.63, 3.8) is 0 Å². The minimum Gasteiger partial charge on any atom is -0.341 e. The monoisotopic (exact) mass is 260 g/mol. The zero-order valence-corrected chi connectivity index (χ0v) is 12.1. The van der Waals surface area contributed by atoms with Gasteiger partial charge in [-0.15, -0.1) is 0 Å². The first-order valence-electron chi connectivity index (χ1n) is 7.03. The van der Waals surface area contributed by atoms with Gasteiger partial charge in [0.15, 0.2) is 0 Å². The Kier molecular flexibility index (Phi) is 4.25. The standard InChI is InChI=1S/C16H24N2O/c1-11-4-5-14(12(2)8-11)10-18(3)16(19)9-15(17)13-6-7-13/h4-5,8,13,15H,6-7,9-10,17H2,1-3H3. The first kappa shape index (κ1) is 14.1. The quantitative estimate of drug-likeness (QED) is 0.883. The van der Waals surface area contributed by atoms with Gasteiger partial charge in [0.05, 0.1) is 0 Å². The van der Waals surface area contributed by atoms with Gasteiger partial charge in [0.25, 0.3) is 0 Å².